The van der Waals surface area contributed by atoms with Crippen LogP contribution in [0.15, 0.2) is 54.6 Å². The molecule has 21 heavy (non-hydrogen) atoms. The molecule has 0 aliphatic rings. The highest BCUT2D eigenvalue weighted by molar-refractivity contribution is 5.26. The van der Waals surface area contributed by atoms with Gasteiger partial charge in [0, 0.05) is 6.54 Å². The van der Waals surface area contributed by atoms with E-state index in [-0.39, 0.29) is 6.10 Å². The smallest absolute Gasteiger partial charge is 0.118 e. The van der Waals surface area contributed by atoms with Crippen LogP contribution in [0.1, 0.15) is 24.2 Å². The summed E-state index contributed by atoms with van der Waals surface area (Å²) in [5, 5.41) is 3.36. The highest BCUT2D eigenvalue weighted by atomic mass is 16.5. The molecule has 2 aromatic carbocycles. The predicted molar refractivity (Wildman–Crippen MR) is 85.5 cm³/mol. The van der Waals surface area contributed by atoms with Crippen LogP contribution in [0, 0.1) is 0 Å². The van der Waals surface area contributed by atoms with E-state index in [4.69, 9.17) is 9.47 Å². The second-order valence-electron chi connectivity index (χ2n) is 4.87. The molecule has 1 atom stereocenters. The Bertz CT molecular complexity index is 511. The van der Waals surface area contributed by atoms with Crippen molar-refractivity contribution < 1.29 is 9.47 Å². The highest BCUT2D eigenvalue weighted by Gasteiger charge is 2.11. The number of likely N-dealkylation sites (N-methyl/N-ethyl adjacent to an activating group) is 1. The Labute approximate surface area is 126 Å². The van der Waals surface area contributed by atoms with E-state index in [9.17, 15) is 0 Å². The molecule has 0 amide bonds. The van der Waals surface area contributed by atoms with Crippen LogP contribution in [-0.4, -0.2) is 20.2 Å². The van der Waals surface area contributed by atoms with E-state index < -0.39 is 0 Å². The van der Waals surface area contributed by atoms with Gasteiger partial charge < -0.3 is 14.8 Å². The molecule has 112 valence electrons. The number of ether oxygens (including phenoxy) is 2. The summed E-state index contributed by atoms with van der Waals surface area (Å²) in [6.07, 6.45) is 0.0632. The number of rotatable bonds is 8. The topological polar surface area (TPSA) is 30.5 Å². The number of hydrogen-bond acceptors (Lipinski definition) is 3. The van der Waals surface area contributed by atoms with Gasteiger partial charge in [0.1, 0.15) is 5.75 Å². The van der Waals surface area contributed by atoms with Crippen LogP contribution in [0.25, 0.3) is 0 Å². The second-order valence-corrected chi connectivity index (χ2v) is 4.87. The summed E-state index contributed by atoms with van der Waals surface area (Å²) in [6, 6.07) is 18.3. The minimum atomic E-state index is 0.0632. The number of nitrogens with one attached hydrogen (secondary N) is 1. The largest absolute Gasteiger partial charge is 0.497 e. The van der Waals surface area contributed by atoms with E-state index in [1.165, 1.54) is 5.56 Å². The maximum Gasteiger partial charge on any atom is 0.118 e. The maximum atomic E-state index is 6.09. The number of benzene rings is 2. The Kier molecular flexibility index (Phi) is 6.25. The van der Waals surface area contributed by atoms with Crippen molar-refractivity contribution in [2.24, 2.45) is 0 Å². The molecule has 0 bridgehead atoms. The molecular formula is C18H23NO2. The van der Waals surface area contributed by atoms with Gasteiger partial charge in [-0.2, -0.15) is 0 Å². The summed E-state index contributed by atoms with van der Waals surface area (Å²) in [7, 11) is 1.67. The molecule has 0 spiro atoms. The monoisotopic (exact) mass is 285 g/mol. The lowest BCUT2D eigenvalue weighted by molar-refractivity contribution is 0.0401. The van der Waals surface area contributed by atoms with Crippen LogP contribution in [0.4, 0.5) is 0 Å². The van der Waals surface area contributed by atoms with E-state index in [0.717, 1.165) is 24.4 Å². The SMILES string of the molecule is CCNCC(OCc1ccc(OC)cc1)c1ccccc1. The third-order valence-electron chi connectivity index (χ3n) is 3.36. The first-order valence-corrected chi connectivity index (χ1v) is 7.33. The van der Waals surface area contributed by atoms with Gasteiger partial charge in [0.05, 0.1) is 19.8 Å². The van der Waals surface area contributed by atoms with Gasteiger partial charge in [0.15, 0.2) is 0 Å². The standard InChI is InChI=1S/C18H23NO2/c1-3-19-13-18(16-7-5-4-6-8-16)21-14-15-9-11-17(20-2)12-10-15/h4-12,18-19H,3,13-14H2,1-2H3. The Balaban J connectivity index is 1.97. The highest BCUT2D eigenvalue weighted by Crippen LogP contribution is 2.19. The molecule has 1 unspecified atom stereocenters. The molecule has 0 saturated carbocycles. The summed E-state index contributed by atoms with van der Waals surface area (Å²) in [5.74, 6) is 0.867. The first kappa shape index (κ1) is 15.5. The second kappa shape index (κ2) is 8.45. The van der Waals surface area contributed by atoms with Gasteiger partial charge in [0.2, 0.25) is 0 Å². The first-order chi connectivity index (χ1) is 10.3. The summed E-state index contributed by atoms with van der Waals surface area (Å²) >= 11 is 0. The van der Waals surface area contributed by atoms with Crippen molar-refractivity contribution in [1.29, 1.82) is 0 Å². The minimum absolute atomic E-state index is 0.0632. The average molecular weight is 285 g/mol. The molecule has 0 saturated heterocycles. The lowest BCUT2D eigenvalue weighted by atomic mass is 10.1. The zero-order chi connectivity index (χ0) is 14.9. The van der Waals surface area contributed by atoms with Crippen molar-refractivity contribution in [3.63, 3.8) is 0 Å². The molecule has 0 radical (unpaired) electrons. The quantitative estimate of drug-likeness (QED) is 0.804. The molecule has 0 aliphatic heterocycles. The molecule has 0 fully saturated rings. The molecule has 0 heterocycles. The van der Waals surface area contributed by atoms with Crippen molar-refractivity contribution in [2.75, 3.05) is 20.2 Å². The van der Waals surface area contributed by atoms with Gasteiger partial charge in [-0.15, -0.1) is 0 Å². The maximum absolute atomic E-state index is 6.09. The number of methoxy groups -OCH3 is 1. The van der Waals surface area contributed by atoms with E-state index in [1.54, 1.807) is 7.11 Å². The van der Waals surface area contributed by atoms with Gasteiger partial charge in [-0.1, -0.05) is 49.4 Å². The van der Waals surface area contributed by atoms with Gasteiger partial charge >= 0.3 is 0 Å². The third-order valence-corrected chi connectivity index (χ3v) is 3.36. The summed E-state index contributed by atoms with van der Waals surface area (Å²) < 4.78 is 11.3. The Hall–Kier alpha value is -1.84. The van der Waals surface area contributed by atoms with Crippen LogP contribution in [-0.2, 0) is 11.3 Å². The molecular weight excluding hydrogens is 262 g/mol. The van der Waals surface area contributed by atoms with Crippen molar-refractivity contribution in [3.05, 3.63) is 65.7 Å². The molecule has 3 heteroatoms. The van der Waals surface area contributed by atoms with Crippen molar-refractivity contribution >= 4 is 0 Å². The first-order valence-electron chi connectivity index (χ1n) is 7.33. The molecule has 2 aromatic rings. The van der Waals surface area contributed by atoms with Crippen LogP contribution in [0.5, 0.6) is 5.75 Å². The normalized spacial score (nSPS) is 12.1. The zero-order valence-electron chi connectivity index (χ0n) is 12.7. The fraction of sp³-hybridized carbons (Fsp3) is 0.333. The van der Waals surface area contributed by atoms with Crippen LogP contribution in [0.3, 0.4) is 0 Å². The molecule has 0 aromatic heterocycles. The van der Waals surface area contributed by atoms with Gasteiger partial charge in [-0.25, -0.2) is 0 Å². The van der Waals surface area contributed by atoms with E-state index in [1.807, 2.05) is 42.5 Å². The molecule has 3 nitrogen and oxygen atoms in total. The Morgan fingerprint density at radius 1 is 1.00 bits per heavy atom. The molecule has 2 rings (SSSR count). The fourth-order valence-electron chi connectivity index (χ4n) is 2.13. The van der Waals surface area contributed by atoms with Crippen LogP contribution >= 0.6 is 0 Å². The van der Waals surface area contributed by atoms with Crippen molar-refractivity contribution in [3.8, 4) is 5.75 Å². The lowest BCUT2D eigenvalue weighted by Gasteiger charge is -2.19. The minimum Gasteiger partial charge on any atom is -0.497 e. The van der Waals surface area contributed by atoms with E-state index >= 15 is 0 Å². The fourth-order valence-corrected chi connectivity index (χ4v) is 2.13. The van der Waals surface area contributed by atoms with Crippen molar-refractivity contribution in [1.82, 2.24) is 5.32 Å². The Morgan fingerprint density at radius 2 is 1.71 bits per heavy atom. The summed E-state index contributed by atoms with van der Waals surface area (Å²) in [4.78, 5) is 0. The average Bonchev–Trinajstić information content (AvgIpc) is 2.56. The van der Waals surface area contributed by atoms with Gasteiger partial charge in [-0.05, 0) is 29.8 Å². The molecule has 1 N–H and O–H groups in total. The predicted octanol–water partition coefficient (Wildman–Crippen LogP) is 3.56. The molecule has 0 aliphatic carbocycles. The van der Waals surface area contributed by atoms with Crippen LogP contribution < -0.4 is 10.1 Å². The van der Waals surface area contributed by atoms with Gasteiger partial charge in [-0.3, -0.25) is 0 Å². The third kappa shape index (κ3) is 4.88. The van der Waals surface area contributed by atoms with E-state index in [2.05, 4.69) is 24.4 Å². The van der Waals surface area contributed by atoms with E-state index in [0.29, 0.717) is 6.61 Å². The summed E-state index contributed by atoms with van der Waals surface area (Å²) in [5.41, 5.74) is 2.35. The Morgan fingerprint density at radius 3 is 2.33 bits per heavy atom. The van der Waals surface area contributed by atoms with Crippen molar-refractivity contribution in [2.45, 2.75) is 19.6 Å². The summed E-state index contributed by atoms with van der Waals surface area (Å²) in [6.45, 7) is 4.45. The van der Waals surface area contributed by atoms with Crippen LogP contribution in [0.2, 0.25) is 0 Å². The lowest BCUT2D eigenvalue weighted by Crippen LogP contribution is -2.23. The zero-order valence-corrected chi connectivity index (χ0v) is 12.7. The van der Waals surface area contributed by atoms with Gasteiger partial charge in [0.25, 0.3) is 0 Å². The number of hydrogen-bond donors (Lipinski definition) is 1.